The second kappa shape index (κ2) is 11.2. The van der Waals surface area contributed by atoms with E-state index in [1.165, 1.54) is 5.69 Å². The standard InChI is InChI=1S/C27H35N5O2/c1-4-30(5-2)15-14-29-27(33)22-7-6-21-12-13-28-26(25(21)20-22)32-18-16-31(17-19-32)23-8-10-24(34-3)11-9-23/h6-13,20H,4-5,14-19H2,1-3H3,(H,29,33). The number of benzene rings is 2. The van der Waals surface area contributed by atoms with Crippen LogP contribution in [0.3, 0.4) is 0 Å². The van der Waals surface area contributed by atoms with Crippen molar-refractivity contribution in [3.63, 3.8) is 0 Å². The highest BCUT2D eigenvalue weighted by atomic mass is 16.5. The molecule has 180 valence electrons. The second-order valence-corrected chi connectivity index (χ2v) is 8.53. The summed E-state index contributed by atoms with van der Waals surface area (Å²) in [6, 6.07) is 16.1. The van der Waals surface area contributed by atoms with Gasteiger partial charge in [0.25, 0.3) is 5.91 Å². The maximum Gasteiger partial charge on any atom is 0.251 e. The Morgan fingerprint density at radius 2 is 1.71 bits per heavy atom. The minimum Gasteiger partial charge on any atom is -0.497 e. The van der Waals surface area contributed by atoms with Crippen molar-refractivity contribution in [2.24, 2.45) is 0 Å². The third kappa shape index (κ3) is 5.42. The molecule has 1 fully saturated rings. The van der Waals surface area contributed by atoms with Crippen LogP contribution >= 0.6 is 0 Å². The number of pyridine rings is 1. The van der Waals surface area contributed by atoms with Gasteiger partial charge in [-0.15, -0.1) is 0 Å². The van der Waals surface area contributed by atoms with Crippen LogP contribution in [-0.4, -0.2) is 75.3 Å². The molecule has 0 radical (unpaired) electrons. The van der Waals surface area contributed by atoms with Crippen LogP contribution in [0.2, 0.25) is 0 Å². The van der Waals surface area contributed by atoms with Crippen molar-refractivity contribution in [3.8, 4) is 5.75 Å². The van der Waals surface area contributed by atoms with Gasteiger partial charge >= 0.3 is 0 Å². The van der Waals surface area contributed by atoms with Crippen molar-refractivity contribution in [3.05, 3.63) is 60.3 Å². The van der Waals surface area contributed by atoms with Gasteiger partial charge in [-0.25, -0.2) is 4.98 Å². The van der Waals surface area contributed by atoms with Gasteiger partial charge in [0.1, 0.15) is 11.6 Å². The van der Waals surface area contributed by atoms with Crippen molar-refractivity contribution < 1.29 is 9.53 Å². The minimum absolute atomic E-state index is 0.0341. The number of ether oxygens (including phenoxy) is 1. The lowest BCUT2D eigenvalue weighted by Crippen LogP contribution is -2.46. The van der Waals surface area contributed by atoms with Gasteiger partial charge in [0.15, 0.2) is 0 Å². The van der Waals surface area contributed by atoms with E-state index in [2.05, 4.69) is 46.0 Å². The van der Waals surface area contributed by atoms with Crippen LogP contribution in [0.15, 0.2) is 54.7 Å². The summed E-state index contributed by atoms with van der Waals surface area (Å²) in [5.74, 6) is 1.79. The first kappa shape index (κ1) is 23.8. The molecule has 3 aromatic rings. The third-order valence-corrected chi connectivity index (χ3v) is 6.63. The van der Waals surface area contributed by atoms with Crippen molar-refractivity contribution in [1.29, 1.82) is 0 Å². The summed E-state index contributed by atoms with van der Waals surface area (Å²) in [6.45, 7) is 11.3. The topological polar surface area (TPSA) is 60.9 Å². The fraction of sp³-hybridized carbons (Fsp3) is 0.407. The summed E-state index contributed by atoms with van der Waals surface area (Å²) in [7, 11) is 1.69. The summed E-state index contributed by atoms with van der Waals surface area (Å²) < 4.78 is 5.28. The van der Waals surface area contributed by atoms with E-state index >= 15 is 0 Å². The molecule has 0 spiro atoms. The van der Waals surface area contributed by atoms with Gasteiger partial charge in [0, 0.05) is 62.1 Å². The predicted octanol–water partition coefficient (Wildman–Crippen LogP) is 3.64. The van der Waals surface area contributed by atoms with E-state index < -0.39 is 0 Å². The van der Waals surface area contributed by atoms with Gasteiger partial charge in [-0.05, 0) is 60.9 Å². The highest BCUT2D eigenvalue weighted by molar-refractivity contribution is 6.01. The molecular formula is C27H35N5O2. The minimum atomic E-state index is -0.0341. The molecule has 1 N–H and O–H groups in total. The average molecular weight is 462 g/mol. The number of carbonyl (C=O) groups excluding carboxylic acids is 1. The number of anilines is 2. The van der Waals surface area contributed by atoms with E-state index in [0.717, 1.165) is 68.2 Å². The highest BCUT2D eigenvalue weighted by Gasteiger charge is 2.20. The summed E-state index contributed by atoms with van der Waals surface area (Å²) >= 11 is 0. The predicted molar refractivity (Wildman–Crippen MR) is 139 cm³/mol. The summed E-state index contributed by atoms with van der Waals surface area (Å²) in [5, 5.41) is 5.19. The van der Waals surface area contributed by atoms with Gasteiger partial charge in [0.05, 0.1) is 7.11 Å². The molecule has 7 heteroatoms. The van der Waals surface area contributed by atoms with Crippen molar-refractivity contribution in [2.75, 3.05) is 69.3 Å². The number of hydrogen-bond donors (Lipinski definition) is 1. The fourth-order valence-corrected chi connectivity index (χ4v) is 4.49. The largest absolute Gasteiger partial charge is 0.497 e. The molecule has 1 aromatic heterocycles. The number of rotatable bonds is 9. The van der Waals surface area contributed by atoms with Crippen molar-refractivity contribution >= 4 is 28.2 Å². The van der Waals surface area contributed by atoms with Crippen LogP contribution in [0, 0.1) is 0 Å². The van der Waals surface area contributed by atoms with Crippen LogP contribution in [0.4, 0.5) is 11.5 Å². The molecule has 1 aliphatic heterocycles. The van der Waals surface area contributed by atoms with Gasteiger partial charge in [0.2, 0.25) is 0 Å². The zero-order valence-corrected chi connectivity index (χ0v) is 20.5. The molecule has 0 saturated carbocycles. The molecular weight excluding hydrogens is 426 g/mol. The molecule has 0 bridgehead atoms. The quantitative estimate of drug-likeness (QED) is 0.525. The number of fused-ring (bicyclic) bond motifs is 1. The number of likely N-dealkylation sites (N-methyl/N-ethyl adjacent to an activating group) is 1. The molecule has 2 aromatic carbocycles. The Labute approximate surface area is 202 Å². The Balaban J connectivity index is 1.45. The molecule has 0 unspecified atom stereocenters. The van der Waals surface area contributed by atoms with Gasteiger partial charge < -0.3 is 24.8 Å². The number of amides is 1. The third-order valence-electron chi connectivity index (χ3n) is 6.63. The Hall–Kier alpha value is -3.32. The number of carbonyl (C=O) groups is 1. The number of nitrogens with one attached hydrogen (secondary N) is 1. The number of methoxy groups -OCH3 is 1. The zero-order valence-electron chi connectivity index (χ0n) is 20.5. The Morgan fingerprint density at radius 1 is 1.00 bits per heavy atom. The molecule has 0 atom stereocenters. The SMILES string of the molecule is CCN(CC)CCNC(=O)c1ccc2ccnc(N3CCN(c4ccc(OC)cc4)CC3)c2c1. The first-order chi connectivity index (χ1) is 16.6. The maximum atomic E-state index is 12.8. The summed E-state index contributed by atoms with van der Waals surface area (Å²) in [4.78, 5) is 24.5. The second-order valence-electron chi connectivity index (χ2n) is 8.53. The van der Waals surface area contributed by atoms with Gasteiger partial charge in [-0.3, -0.25) is 4.79 Å². The van der Waals surface area contributed by atoms with Crippen LogP contribution in [0.25, 0.3) is 10.8 Å². The fourth-order valence-electron chi connectivity index (χ4n) is 4.49. The smallest absolute Gasteiger partial charge is 0.251 e. The molecule has 4 rings (SSSR count). The van der Waals surface area contributed by atoms with Gasteiger partial charge in [-0.1, -0.05) is 19.9 Å². The lowest BCUT2D eigenvalue weighted by atomic mass is 10.1. The summed E-state index contributed by atoms with van der Waals surface area (Å²) in [5.41, 5.74) is 1.88. The van der Waals surface area contributed by atoms with E-state index in [4.69, 9.17) is 9.72 Å². The number of nitrogens with zero attached hydrogens (tertiary/aromatic N) is 4. The highest BCUT2D eigenvalue weighted by Crippen LogP contribution is 2.28. The lowest BCUT2D eigenvalue weighted by Gasteiger charge is -2.37. The van der Waals surface area contributed by atoms with E-state index in [1.807, 2.05) is 42.6 Å². The van der Waals surface area contributed by atoms with Crippen LogP contribution in [0.1, 0.15) is 24.2 Å². The van der Waals surface area contributed by atoms with Crippen LogP contribution in [0.5, 0.6) is 5.75 Å². The first-order valence-electron chi connectivity index (χ1n) is 12.2. The molecule has 1 amide bonds. The number of aromatic nitrogens is 1. The van der Waals surface area contributed by atoms with Crippen LogP contribution < -0.4 is 19.9 Å². The Bertz CT molecular complexity index is 1090. The average Bonchev–Trinajstić information content (AvgIpc) is 2.90. The summed E-state index contributed by atoms with van der Waals surface area (Å²) in [6.07, 6.45) is 1.86. The normalized spacial score (nSPS) is 14.0. The molecule has 1 aliphatic rings. The molecule has 34 heavy (non-hydrogen) atoms. The Morgan fingerprint density at radius 3 is 2.38 bits per heavy atom. The maximum absolute atomic E-state index is 12.8. The molecule has 1 saturated heterocycles. The monoisotopic (exact) mass is 461 g/mol. The number of hydrogen-bond acceptors (Lipinski definition) is 6. The zero-order chi connectivity index (χ0) is 23.9. The lowest BCUT2D eigenvalue weighted by molar-refractivity contribution is 0.0949. The number of piperazine rings is 1. The van der Waals surface area contributed by atoms with Gasteiger partial charge in [-0.2, -0.15) is 0 Å². The van der Waals surface area contributed by atoms with E-state index in [-0.39, 0.29) is 5.91 Å². The van der Waals surface area contributed by atoms with Crippen molar-refractivity contribution in [1.82, 2.24) is 15.2 Å². The Kier molecular flexibility index (Phi) is 7.85. The van der Waals surface area contributed by atoms with E-state index in [1.54, 1.807) is 7.11 Å². The first-order valence-corrected chi connectivity index (χ1v) is 12.2. The van der Waals surface area contributed by atoms with Crippen LogP contribution in [-0.2, 0) is 0 Å². The molecule has 2 heterocycles. The molecule has 7 nitrogen and oxygen atoms in total. The molecule has 0 aliphatic carbocycles. The van der Waals surface area contributed by atoms with E-state index in [9.17, 15) is 4.79 Å². The van der Waals surface area contributed by atoms with E-state index in [0.29, 0.717) is 12.1 Å². The van der Waals surface area contributed by atoms with Crippen molar-refractivity contribution in [2.45, 2.75) is 13.8 Å².